The first kappa shape index (κ1) is 10.6. The van der Waals surface area contributed by atoms with E-state index in [1.54, 1.807) is 6.92 Å². The summed E-state index contributed by atoms with van der Waals surface area (Å²) in [6, 6.07) is 0. The molecular weight excluding hydrogens is 140 g/mol. The summed E-state index contributed by atoms with van der Waals surface area (Å²) in [5, 5.41) is 0. The highest BCUT2D eigenvalue weighted by Crippen LogP contribution is 2.06. The van der Waals surface area contributed by atoms with Gasteiger partial charge in [-0.1, -0.05) is 13.8 Å². The lowest BCUT2D eigenvalue weighted by Crippen LogP contribution is -2.15. The summed E-state index contributed by atoms with van der Waals surface area (Å²) in [6.45, 7) is 8.10. The molecule has 0 aliphatic rings. The van der Waals surface area contributed by atoms with Crippen LogP contribution in [0.3, 0.4) is 0 Å². The van der Waals surface area contributed by atoms with Crippen LogP contribution >= 0.6 is 0 Å². The molecule has 0 bridgehead atoms. The molecule has 1 atom stereocenters. The van der Waals surface area contributed by atoms with Crippen LogP contribution in [0.4, 0.5) is 0 Å². The monoisotopic (exact) mass is 158 g/mol. The molecular formula is C9H18O2. The molecule has 2 nitrogen and oxygen atoms in total. The van der Waals surface area contributed by atoms with Gasteiger partial charge in [-0.25, -0.2) is 0 Å². The molecule has 0 aliphatic carbocycles. The molecule has 1 unspecified atom stereocenters. The number of ketones is 1. The van der Waals surface area contributed by atoms with Gasteiger partial charge in [0, 0.05) is 0 Å². The summed E-state index contributed by atoms with van der Waals surface area (Å²) in [4.78, 5) is 10.5. The molecule has 0 N–H and O–H groups in total. The van der Waals surface area contributed by atoms with E-state index < -0.39 is 0 Å². The second kappa shape index (κ2) is 5.30. The Kier molecular flexibility index (Phi) is 5.12. The SMILES string of the molecule is CC(=O)COC(C)CC(C)C. The van der Waals surface area contributed by atoms with Crippen molar-refractivity contribution in [1.82, 2.24) is 0 Å². The van der Waals surface area contributed by atoms with Crippen molar-refractivity contribution in [3.05, 3.63) is 0 Å². The van der Waals surface area contributed by atoms with E-state index in [1.807, 2.05) is 6.92 Å². The molecule has 0 radical (unpaired) electrons. The Labute approximate surface area is 68.9 Å². The lowest BCUT2D eigenvalue weighted by atomic mass is 10.1. The average Bonchev–Trinajstić information content (AvgIpc) is 1.82. The molecule has 0 aliphatic heterocycles. The van der Waals surface area contributed by atoms with Gasteiger partial charge in [0.25, 0.3) is 0 Å². The zero-order valence-corrected chi connectivity index (χ0v) is 7.89. The molecule has 2 heteroatoms. The van der Waals surface area contributed by atoms with Crippen LogP contribution in [0.2, 0.25) is 0 Å². The largest absolute Gasteiger partial charge is 0.371 e. The molecule has 0 saturated carbocycles. The van der Waals surface area contributed by atoms with Gasteiger partial charge in [0.2, 0.25) is 0 Å². The van der Waals surface area contributed by atoms with E-state index in [2.05, 4.69) is 13.8 Å². The van der Waals surface area contributed by atoms with Crippen molar-refractivity contribution < 1.29 is 9.53 Å². The summed E-state index contributed by atoms with van der Waals surface area (Å²) in [5.41, 5.74) is 0. The molecule has 0 aromatic carbocycles. The van der Waals surface area contributed by atoms with Crippen LogP contribution in [0.15, 0.2) is 0 Å². The first-order valence-electron chi connectivity index (χ1n) is 4.13. The summed E-state index contributed by atoms with van der Waals surface area (Å²) < 4.78 is 5.26. The first-order valence-corrected chi connectivity index (χ1v) is 4.13. The summed E-state index contributed by atoms with van der Waals surface area (Å²) in [5.74, 6) is 0.734. The number of carbonyl (C=O) groups excluding carboxylic acids is 1. The van der Waals surface area contributed by atoms with Crippen LogP contribution < -0.4 is 0 Å². The number of hydrogen-bond donors (Lipinski definition) is 0. The van der Waals surface area contributed by atoms with Crippen LogP contribution in [0.25, 0.3) is 0 Å². The predicted molar refractivity (Wildman–Crippen MR) is 45.6 cm³/mol. The van der Waals surface area contributed by atoms with Gasteiger partial charge in [-0.05, 0) is 26.2 Å². The molecule has 66 valence electrons. The smallest absolute Gasteiger partial charge is 0.155 e. The van der Waals surface area contributed by atoms with Crippen molar-refractivity contribution in [3.8, 4) is 0 Å². The molecule has 0 heterocycles. The number of ether oxygens (including phenoxy) is 1. The van der Waals surface area contributed by atoms with Gasteiger partial charge in [0.05, 0.1) is 6.10 Å². The summed E-state index contributed by atoms with van der Waals surface area (Å²) in [7, 11) is 0. The van der Waals surface area contributed by atoms with E-state index in [0.29, 0.717) is 5.92 Å². The van der Waals surface area contributed by atoms with E-state index in [4.69, 9.17) is 4.74 Å². The van der Waals surface area contributed by atoms with Crippen LogP contribution in [0, 0.1) is 5.92 Å². The number of carbonyl (C=O) groups is 1. The Morgan fingerprint density at radius 2 is 1.91 bits per heavy atom. The van der Waals surface area contributed by atoms with Crippen molar-refractivity contribution in [2.24, 2.45) is 5.92 Å². The van der Waals surface area contributed by atoms with E-state index in [-0.39, 0.29) is 18.5 Å². The van der Waals surface area contributed by atoms with E-state index >= 15 is 0 Å². The van der Waals surface area contributed by atoms with Crippen molar-refractivity contribution >= 4 is 5.78 Å². The van der Waals surface area contributed by atoms with Gasteiger partial charge in [-0.3, -0.25) is 4.79 Å². The second-order valence-corrected chi connectivity index (χ2v) is 3.45. The van der Waals surface area contributed by atoms with Gasteiger partial charge in [-0.15, -0.1) is 0 Å². The molecule has 0 aromatic heterocycles. The van der Waals surface area contributed by atoms with E-state index in [1.165, 1.54) is 0 Å². The van der Waals surface area contributed by atoms with Crippen LogP contribution in [-0.4, -0.2) is 18.5 Å². The zero-order chi connectivity index (χ0) is 8.85. The maximum absolute atomic E-state index is 10.5. The highest BCUT2D eigenvalue weighted by molar-refractivity contribution is 5.76. The molecule has 0 aromatic rings. The van der Waals surface area contributed by atoms with Crippen LogP contribution in [-0.2, 0) is 9.53 Å². The molecule has 0 rings (SSSR count). The third kappa shape index (κ3) is 7.53. The maximum atomic E-state index is 10.5. The minimum Gasteiger partial charge on any atom is -0.371 e. The number of hydrogen-bond acceptors (Lipinski definition) is 2. The Morgan fingerprint density at radius 3 is 2.27 bits per heavy atom. The van der Waals surface area contributed by atoms with Crippen LogP contribution in [0.1, 0.15) is 34.1 Å². The first-order chi connectivity index (χ1) is 5.02. The summed E-state index contributed by atoms with van der Waals surface area (Å²) in [6.07, 6.45) is 1.23. The average molecular weight is 158 g/mol. The highest BCUT2D eigenvalue weighted by atomic mass is 16.5. The van der Waals surface area contributed by atoms with Crippen molar-refractivity contribution in [2.75, 3.05) is 6.61 Å². The topological polar surface area (TPSA) is 26.3 Å². The third-order valence-electron chi connectivity index (χ3n) is 1.37. The molecule has 0 fully saturated rings. The normalized spacial score (nSPS) is 13.5. The second-order valence-electron chi connectivity index (χ2n) is 3.45. The van der Waals surface area contributed by atoms with Crippen molar-refractivity contribution in [3.63, 3.8) is 0 Å². The fourth-order valence-corrected chi connectivity index (χ4v) is 0.992. The fraction of sp³-hybridized carbons (Fsp3) is 0.889. The molecule has 0 saturated heterocycles. The fourth-order valence-electron chi connectivity index (χ4n) is 0.992. The maximum Gasteiger partial charge on any atom is 0.155 e. The van der Waals surface area contributed by atoms with Gasteiger partial charge in [-0.2, -0.15) is 0 Å². The van der Waals surface area contributed by atoms with Crippen LogP contribution in [0.5, 0.6) is 0 Å². The van der Waals surface area contributed by atoms with E-state index in [0.717, 1.165) is 6.42 Å². The molecule has 0 spiro atoms. The van der Waals surface area contributed by atoms with Gasteiger partial charge in [0.15, 0.2) is 5.78 Å². The summed E-state index contributed by atoms with van der Waals surface area (Å²) >= 11 is 0. The number of Topliss-reactive ketones (excluding diaryl/α,β-unsaturated/α-hetero) is 1. The van der Waals surface area contributed by atoms with Gasteiger partial charge < -0.3 is 4.74 Å². The quantitative estimate of drug-likeness (QED) is 0.612. The van der Waals surface area contributed by atoms with Gasteiger partial charge >= 0.3 is 0 Å². The Bertz CT molecular complexity index is 119. The standard InChI is InChI=1S/C9H18O2/c1-7(2)5-9(4)11-6-8(3)10/h7,9H,5-6H2,1-4H3. The third-order valence-corrected chi connectivity index (χ3v) is 1.37. The molecule has 0 amide bonds. The Morgan fingerprint density at radius 1 is 1.36 bits per heavy atom. The lowest BCUT2D eigenvalue weighted by Gasteiger charge is -2.13. The van der Waals surface area contributed by atoms with Crippen molar-refractivity contribution in [1.29, 1.82) is 0 Å². The number of rotatable bonds is 5. The lowest BCUT2D eigenvalue weighted by molar-refractivity contribution is -0.123. The highest BCUT2D eigenvalue weighted by Gasteiger charge is 2.05. The van der Waals surface area contributed by atoms with Crippen molar-refractivity contribution in [2.45, 2.75) is 40.2 Å². The van der Waals surface area contributed by atoms with E-state index in [9.17, 15) is 4.79 Å². The predicted octanol–water partition coefficient (Wildman–Crippen LogP) is 2.03. The zero-order valence-electron chi connectivity index (χ0n) is 7.89. The Hall–Kier alpha value is -0.370. The Balaban J connectivity index is 3.37. The molecule has 11 heavy (non-hydrogen) atoms. The minimum atomic E-state index is 0.0978. The minimum absolute atomic E-state index is 0.0978. The van der Waals surface area contributed by atoms with Gasteiger partial charge in [0.1, 0.15) is 6.61 Å².